The van der Waals surface area contributed by atoms with Crippen LogP contribution in [-0.4, -0.2) is 11.3 Å². The summed E-state index contributed by atoms with van der Waals surface area (Å²) in [7, 11) is 1.33. The number of hydrogen-bond acceptors (Lipinski definition) is 0. The van der Waals surface area contributed by atoms with E-state index in [4.69, 9.17) is 0 Å². The second-order valence-corrected chi connectivity index (χ2v) is 8.73. The minimum atomic E-state index is 0. The van der Waals surface area contributed by atoms with E-state index in [0.717, 1.165) is 11.3 Å². The first-order valence-corrected chi connectivity index (χ1v) is 10.7. The molecule has 0 bridgehead atoms. The Labute approximate surface area is 161 Å². The van der Waals surface area contributed by atoms with Gasteiger partial charge in [0, 0.05) is 0 Å². The van der Waals surface area contributed by atoms with Gasteiger partial charge in [0.15, 0.2) is 0 Å². The van der Waals surface area contributed by atoms with Crippen LogP contribution in [-0.2, 0) is 17.1 Å². The Morgan fingerprint density at radius 1 is 0.542 bits per heavy atom. The summed E-state index contributed by atoms with van der Waals surface area (Å²) in [5.41, 5.74) is 2.30. The molecule has 4 rings (SSSR count). The molecule has 2 aliphatic rings. The van der Waals surface area contributed by atoms with Gasteiger partial charge in [-0.25, -0.2) is 24.3 Å². The number of hydrogen-bond donors (Lipinski definition) is 0. The third-order valence-electron chi connectivity index (χ3n) is 4.79. The van der Waals surface area contributed by atoms with Gasteiger partial charge in [-0.05, 0) is 37.0 Å². The third kappa shape index (κ3) is 10.5. The van der Waals surface area contributed by atoms with E-state index >= 15 is 0 Å². The predicted molar refractivity (Wildman–Crippen MR) is 106 cm³/mol. The van der Waals surface area contributed by atoms with Crippen molar-refractivity contribution < 1.29 is 17.1 Å². The second-order valence-electron chi connectivity index (χ2n) is 6.76. The minimum absolute atomic E-state index is 0. The van der Waals surface area contributed by atoms with Gasteiger partial charge in [-0.3, -0.25) is 0 Å². The zero-order valence-corrected chi connectivity index (χ0v) is 17.0. The molecule has 0 radical (unpaired) electrons. The summed E-state index contributed by atoms with van der Waals surface area (Å²) in [5.74, 6) is 0. The van der Waals surface area contributed by atoms with E-state index in [-0.39, 0.29) is 17.1 Å². The number of rotatable bonds is 2. The zero-order valence-electron chi connectivity index (χ0n) is 14.9. The minimum Gasteiger partial charge on any atom is -0.214 e. The zero-order chi connectivity index (χ0) is 16.0. The van der Waals surface area contributed by atoms with Gasteiger partial charge < -0.3 is 0 Å². The fourth-order valence-corrected chi connectivity index (χ4v) is 5.66. The monoisotopic (exact) mass is 384 g/mol. The molecule has 0 N–H and O–H groups in total. The van der Waals surface area contributed by atoms with E-state index in [1.54, 1.807) is 25.7 Å². The molecule has 0 atom stereocenters. The van der Waals surface area contributed by atoms with Crippen molar-refractivity contribution in [1.29, 1.82) is 0 Å². The van der Waals surface area contributed by atoms with Crippen molar-refractivity contribution in [2.75, 3.05) is 0 Å². The summed E-state index contributed by atoms with van der Waals surface area (Å²) in [5, 5.41) is 0. The van der Waals surface area contributed by atoms with Crippen LogP contribution < -0.4 is 0 Å². The summed E-state index contributed by atoms with van der Waals surface area (Å²) in [6, 6.07) is 20.0. The molecule has 134 valence electrons. The fourth-order valence-electron chi connectivity index (χ4n) is 3.51. The van der Waals surface area contributed by atoms with E-state index in [1.165, 1.54) is 47.1 Å². The molecular weight excluding hydrogens is 351 g/mol. The van der Waals surface area contributed by atoms with Crippen molar-refractivity contribution in [2.24, 2.45) is 0 Å². The third-order valence-corrected chi connectivity index (χ3v) is 6.89. The molecule has 24 heavy (non-hydrogen) atoms. The maximum Gasteiger partial charge on any atom is 2.00 e. The van der Waals surface area contributed by atoms with Crippen LogP contribution in [0.25, 0.3) is 0 Å². The Morgan fingerprint density at radius 2 is 0.875 bits per heavy atom. The molecule has 0 amide bonds. The first kappa shape index (κ1) is 21.7. The van der Waals surface area contributed by atoms with Crippen molar-refractivity contribution >= 4 is 8.58 Å². The van der Waals surface area contributed by atoms with E-state index < -0.39 is 0 Å². The van der Waals surface area contributed by atoms with Crippen molar-refractivity contribution in [1.82, 2.24) is 0 Å². The summed E-state index contributed by atoms with van der Waals surface area (Å²) in [4.78, 5) is 0. The predicted octanol–water partition coefficient (Wildman–Crippen LogP) is 7.14. The molecule has 2 heteroatoms. The summed E-state index contributed by atoms with van der Waals surface area (Å²) in [6.07, 6.45) is 15.4. The van der Waals surface area contributed by atoms with Gasteiger partial charge in [-0.2, -0.15) is 36.4 Å². The van der Waals surface area contributed by atoms with Gasteiger partial charge in [-0.15, -0.1) is 8.58 Å². The van der Waals surface area contributed by atoms with Gasteiger partial charge >= 0.3 is 17.1 Å². The van der Waals surface area contributed by atoms with Crippen molar-refractivity contribution in [3.8, 4) is 0 Å². The molecule has 0 aliphatic heterocycles. The normalized spacial score (nSPS) is 18.3. The molecule has 0 unspecified atom stereocenters. The molecular formula is C22H33FeP. The van der Waals surface area contributed by atoms with E-state index in [0.29, 0.717) is 0 Å². The van der Waals surface area contributed by atoms with Crippen LogP contribution >= 0.6 is 8.58 Å². The van der Waals surface area contributed by atoms with Crippen LogP contribution in [0, 0.1) is 0 Å². The Hall–Kier alpha value is -0.351. The summed E-state index contributed by atoms with van der Waals surface area (Å²) in [6.45, 7) is 0. The van der Waals surface area contributed by atoms with Crippen LogP contribution in [0.4, 0.5) is 0 Å². The first-order chi connectivity index (χ1) is 11.4. The van der Waals surface area contributed by atoms with Crippen molar-refractivity contribution in [3.05, 3.63) is 60.7 Å². The van der Waals surface area contributed by atoms with Crippen LogP contribution in [0.3, 0.4) is 0 Å². The van der Waals surface area contributed by atoms with E-state index in [9.17, 15) is 0 Å². The Bertz CT molecular complexity index is 346. The van der Waals surface area contributed by atoms with Gasteiger partial charge in [0.25, 0.3) is 0 Å². The maximum atomic E-state index is 2.00. The van der Waals surface area contributed by atoms with Crippen LogP contribution in [0.2, 0.25) is 0 Å². The molecule has 0 aromatic heterocycles. The summed E-state index contributed by atoms with van der Waals surface area (Å²) >= 11 is 0. The Balaban J connectivity index is 0.000000216. The summed E-state index contributed by atoms with van der Waals surface area (Å²) < 4.78 is 0. The van der Waals surface area contributed by atoms with Crippen LogP contribution in [0.15, 0.2) is 60.7 Å². The van der Waals surface area contributed by atoms with Crippen molar-refractivity contribution in [3.63, 3.8) is 0 Å². The average molecular weight is 384 g/mol. The molecule has 2 aromatic rings. The molecule has 0 spiro atoms. The molecule has 0 nitrogen and oxygen atoms in total. The average Bonchev–Trinajstić information content (AvgIpc) is 3.35. The quantitative estimate of drug-likeness (QED) is 0.293. The molecule has 2 aliphatic carbocycles. The topological polar surface area (TPSA) is 0 Å². The fraction of sp³-hybridized carbons (Fsp3) is 0.545. The Morgan fingerprint density at radius 3 is 1.12 bits per heavy atom. The Kier molecular flexibility index (Phi) is 13.5. The first-order valence-electron chi connectivity index (χ1n) is 9.54. The van der Waals surface area contributed by atoms with Crippen LogP contribution in [0.5, 0.6) is 0 Å². The van der Waals surface area contributed by atoms with Gasteiger partial charge in [0.1, 0.15) is 0 Å². The second kappa shape index (κ2) is 14.9. The van der Waals surface area contributed by atoms with Crippen molar-refractivity contribution in [2.45, 2.75) is 75.5 Å². The SMILES string of the molecule is C1CCC(PC2CCCCC2)CC1.[Fe+2].c1cc[cH-]c1.c1cc[cH-]c1. The van der Waals surface area contributed by atoms with E-state index in [1.807, 2.05) is 60.7 Å². The maximum absolute atomic E-state index is 2.00. The largest absolute Gasteiger partial charge is 2.00 e. The standard InChI is InChI=1S/C12H23P.2C5H5.Fe/c1-3-7-11(8-4-1)13-12-9-5-2-6-10-12;2*1-2-4-5-3-1;/h11-13H,1-10H2;2*1-5H;/q;2*-1;+2. The molecule has 0 heterocycles. The molecule has 0 saturated heterocycles. The molecule has 2 aromatic carbocycles. The van der Waals surface area contributed by atoms with Gasteiger partial charge in [-0.1, -0.05) is 38.5 Å². The van der Waals surface area contributed by atoms with Crippen LogP contribution in [0.1, 0.15) is 64.2 Å². The van der Waals surface area contributed by atoms with E-state index in [2.05, 4.69) is 0 Å². The molecule has 2 saturated carbocycles. The van der Waals surface area contributed by atoms with Gasteiger partial charge in [0.2, 0.25) is 0 Å². The van der Waals surface area contributed by atoms with Gasteiger partial charge in [0.05, 0.1) is 0 Å². The smallest absolute Gasteiger partial charge is 0.214 e. The molecule has 2 fully saturated rings.